The predicted octanol–water partition coefficient (Wildman–Crippen LogP) is 4.59. The molecule has 158 valence electrons. The molecule has 2 aromatic rings. The van der Waals surface area contributed by atoms with Crippen molar-refractivity contribution in [1.29, 1.82) is 0 Å². The number of nitro benzene ring substituents is 1. The topological polar surface area (TPSA) is 98.3 Å². The van der Waals surface area contributed by atoms with Crippen LogP contribution in [0.2, 0.25) is 0 Å². The summed E-state index contributed by atoms with van der Waals surface area (Å²) in [6, 6.07) is 8.69. The third kappa shape index (κ3) is 6.16. The van der Waals surface area contributed by atoms with Gasteiger partial charge in [-0.15, -0.1) is 12.4 Å². The lowest BCUT2D eigenvalue weighted by Crippen LogP contribution is -2.32. The molecule has 0 aromatic heterocycles. The molecule has 1 unspecified atom stereocenters. The molecule has 0 aliphatic carbocycles. The molecule has 0 fully saturated rings. The third-order valence-corrected chi connectivity index (χ3v) is 4.28. The predicted molar refractivity (Wildman–Crippen MR) is 105 cm³/mol. The van der Waals surface area contributed by atoms with Crippen LogP contribution in [0, 0.1) is 10.1 Å². The Bertz CT molecular complexity index is 871. The van der Waals surface area contributed by atoms with Crippen molar-refractivity contribution in [3.63, 3.8) is 0 Å². The number of nitro groups is 1. The van der Waals surface area contributed by atoms with Crippen molar-refractivity contribution in [3.05, 3.63) is 74.8 Å². The average molecular weight is 432 g/mol. The minimum Gasteiger partial charge on any atom is -0.350 e. The Balaban J connectivity index is 0.00000420. The molecule has 0 saturated carbocycles. The van der Waals surface area contributed by atoms with Crippen molar-refractivity contribution >= 4 is 24.0 Å². The van der Waals surface area contributed by atoms with Gasteiger partial charge in [0.15, 0.2) is 0 Å². The van der Waals surface area contributed by atoms with E-state index in [0.29, 0.717) is 18.1 Å². The molecule has 3 N–H and O–H groups in total. The van der Waals surface area contributed by atoms with Crippen LogP contribution in [0.15, 0.2) is 42.5 Å². The lowest BCUT2D eigenvalue weighted by molar-refractivity contribution is -0.385. The number of carbonyl (C=O) groups excluding carboxylic acids is 1. The number of nitrogens with zero attached hydrogens (tertiary/aromatic N) is 1. The summed E-state index contributed by atoms with van der Waals surface area (Å²) in [6.45, 7) is 4.07. The zero-order valence-electron chi connectivity index (χ0n) is 15.7. The number of carbonyl (C=O) groups is 1. The molecule has 1 amide bonds. The smallest absolute Gasteiger partial charge is 0.350 e. The number of halogens is 4. The van der Waals surface area contributed by atoms with E-state index in [9.17, 15) is 28.1 Å². The Morgan fingerprint density at radius 3 is 2.17 bits per heavy atom. The van der Waals surface area contributed by atoms with Crippen LogP contribution in [0.1, 0.15) is 52.9 Å². The summed E-state index contributed by atoms with van der Waals surface area (Å²) in [4.78, 5) is 22.3. The molecular formula is C19H21ClF3N3O3. The average Bonchev–Trinajstić information content (AvgIpc) is 2.64. The normalized spacial score (nSPS) is 12.2. The second-order valence-corrected chi connectivity index (χ2v) is 6.62. The summed E-state index contributed by atoms with van der Waals surface area (Å²) >= 11 is 0. The summed E-state index contributed by atoms with van der Waals surface area (Å²) in [5.41, 5.74) is 5.34. The highest BCUT2D eigenvalue weighted by molar-refractivity contribution is 5.98. The monoisotopic (exact) mass is 431 g/mol. The van der Waals surface area contributed by atoms with Crippen molar-refractivity contribution in [3.8, 4) is 0 Å². The number of benzene rings is 2. The van der Waals surface area contributed by atoms with Crippen molar-refractivity contribution in [2.24, 2.45) is 5.73 Å². The summed E-state index contributed by atoms with van der Waals surface area (Å²) < 4.78 is 38.2. The number of amides is 1. The molecule has 2 rings (SSSR count). The Morgan fingerprint density at radius 1 is 1.14 bits per heavy atom. The van der Waals surface area contributed by atoms with E-state index in [1.54, 1.807) is 0 Å². The highest BCUT2D eigenvalue weighted by Gasteiger charge is 2.34. The molecule has 0 radical (unpaired) electrons. The first kappa shape index (κ1) is 24.4. The van der Waals surface area contributed by atoms with Gasteiger partial charge in [0, 0.05) is 18.7 Å². The fourth-order valence-corrected chi connectivity index (χ4v) is 2.59. The lowest BCUT2D eigenvalue weighted by Gasteiger charge is -2.15. The number of hydrogen-bond acceptors (Lipinski definition) is 4. The molecule has 0 aliphatic rings. The van der Waals surface area contributed by atoms with Crippen molar-refractivity contribution in [1.82, 2.24) is 5.32 Å². The highest BCUT2D eigenvalue weighted by atomic mass is 35.5. The van der Waals surface area contributed by atoms with Crippen LogP contribution in [-0.4, -0.2) is 17.4 Å². The van der Waals surface area contributed by atoms with E-state index in [1.807, 2.05) is 38.1 Å². The van der Waals surface area contributed by atoms with Crippen LogP contribution in [0.4, 0.5) is 18.9 Å². The van der Waals surface area contributed by atoms with Gasteiger partial charge in [-0.25, -0.2) is 0 Å². The SMILES string of the molecule is CC(C)c1ccc(C(N)CNC(=O)c2ccc(C(F)(F)F)cc2[N+](=O)[O-])cc1.Cl. The zero-order chi connectivity index (χ0) is 21.1. The molecule has 0 spiro atoms. The molecule has 0 heterocycles. The molecule has 0 aliphatic heterocycles. The Labute approximate surface area is 171 Å². The molecule has 2 aromatic carbocycles. The Morgan fingerprint density at radius 2 is 1.69 bits per heavy atom. The lowest BCUT2D eigenvalue weighted by atomic mass is 9.99. The van der Waals surface area contributed by atoms with Gasteiger partial charge < -0.3 is 11.1 Å². The van der Waals surface area contributed by atoms with Crippen LogP contribution in [0.25, 0.3) is 0 Å². The minimum atomic E-state index is -4.75. The number of nitrogens with one attached hydrogen (secondary N) is 1. The number of rotatable bonds is 6. The van der Waals surface area contributed by atoms with E-state index in [-0.39, 0.29) is 19.0 Å². The Hall–Kier alpha value is -2.65. The summed E-state index contributed by atoms with van der Waals surface area (Å²) in [5.74, 6) is -0.514. The fourth-order valence-electron chi connectivity index (χ4n) is 2.59. The van der Waals surface area contributed by atoms with Crippen LogP contribution in [0.5, 0.6) is 0 Å². The standard InChI is InChI=1S/C19H20F3N3O3.ClH/c1-11(2)12-3-5-13(6-4-12)16(23)10-24-18(26)15-8-7-14(19(20,21)22)9-17(15)25(27)28;/h3-9,11,16H,10,23H2,1-2H3,(H,24,26);1H. The fraction of sp³-hybridized carbons (Fsp3) is 0.316. The second-order valence-electron chi connectivity index (χ2n) is 6.62. The first-order chi connectivity index (χ1) is 13.0. The van der Waals surface area contributed by atoms with Crippen LogP contribution >= 0.6 is 12.4 Å². The minimum absolute atomic E-state index is 0. The molecule has 0 bridgehead atoms. The summed E-state index contributed by atoms with van der Waals surface area (Å²) in [6.07, 6.45) is -4.75. The summed E-state index contributed by atoms with van der Waals surface area (Å²) in [5, 5.41) is 13.5. The zero-order valence-corrected chi connectivity index (χ0v) is 16.5. The van der Waals surface area contributed by atoms with Gasteiger partial charge >= 0.3 is 6.18 Å². The van der Waals surface area contributed by atoms with E-state index in [2.05, 4.69) is 5.32 Å². The van der Waals surface area contributed by atoms with E-state index in [0.717, 1.165) is 17.2 Å². The van der Waals surface area contributed by atoms with Gasteiger partial charge in [0.25, 0.3) is 11.6 Å². The van der Waals surface area contributed by atoms with Crippen molar-refractivity contribution in [2.45, 2.75) is 32.0 Å². The first-order valence-corrected chi connectivity index (χ1v) is 8.50. The van der Waals surface area contributed by atoms with E-state index in [4.69, 9.17) is 5.73 Å². The number of nitrogens with two attached hydrogens (primary N) is 1. The Kier molecular flexibility index (Phi) is 8.16. The van der Waals surface area contributed by atoms with E-state index in [1.165, 1.54) is 0 Å². The van der Waals surface area contributed by atoms with Gasteiger partial charge in [0.05, 0.1) is 10.5 Å². The number of hydrogen-bond donors (Lipinski definition) is 2. The van der Waals surface area contributed by atoms with Crippen molar-refractivity contribution in [2.75, 3.05) is 6.54 Å². The van der Waals surface area contributed by atoms with Gasteiger partial charge in [-0.05, 0) is 29.2 Å². The molecule has 29 heavy (non-hydrogen) atoms. The first-order valence-electron chi connectivity index (χ1n) is 8.50. The maximum Gasteiger partial charge on any atom is 0.416 e. The second kappa shape index (κ2) is 9.71. The van der Waals surface area contributed by atoms with E-state index >= 15 is 0 Å². The largest absolute Gasteiger partial charge is 0.416 e. The molecule has 1 atom stereocenters. The molecule has 6 nitrogen and oxygen atoms in total. The quantitative estimate of drug-likeness (QED) is 0.516. The third-order valence-electron chi connectivity index (χ3n) is 4.28. The molecule has 10 heteroatoms. The van der Waals surface area contributed by atoms with E-state index < -0.39 is 39.9 Å². The van der Waals surface area contributed by atoms with Crippen LogP contribution < -0.4 is 11.1 Å². The van der Waals surface area contributed by atoms with Gasteiger partial charge in [-0.1, -0.05) is 38.1 Å². The molecular weight excluding hydrogens is 411 g/mol. The van der Waals surface area contributed by atoms with Gasteiger partial charge in [0.2, 0.25) is 0 Å². The van der Waals surface area contributed by atoms with Crippen LogP contribution in [0.3, 0.4) is 0 Å². The maximum absolute atomic E-state index is 12.7. The van der Waals surface area contributed by atoms with Gasteiger partial charge in [-0.2, -0.15) is 13.2 Å². The van der Waals surface area contributed by atoms with Crippen molar-refractivity contribution < 1.29 is 22.9 Å². The maximum atomic E-state index is 12.7. The highest BCUT2D eigenvalue weighted by Crippen LogP contribution is 2.33. The summed E-state index contributed by atoms with van der Waals surface area (Å²) in [7, 11) is 0. The van der Waals surface area contributed by atoms with Gasteiger partial charge in [0.1, 0.15) is 5.56 Å². The molecule has 0 saturated heterocycles. The number of alkyl halides is 3. The van der Waals surface area contributed by atoms with Gasteiger partial charge in [-0.3, -0.25) is 14.9 Å². The van der Waals surface area contributed by atoms with Crippen LogP contribution in [-0.2, 0) is 6.18 Å².